The number of aliphatic hydroxyl groups excluding tert-OH is 3. The summed E-state index contributed by atoms with van der Waals surface area (Å²) in [4.78, 5) is 0. The van der Waals surface area contributed by atoms with Gasteiger partial charge >= 0.3 is 0 Å². The molecule has 3 N–H and O–H groups in total. The fourth-order valence-electron chi connectivity index (χ4n) is 1.34. The summed E-state index contributed by atoms with van der Waals surface area (Å²) in [5.41, 5.74) is 2.42. The molecule has 0 unspecified atom stereocenters. The van der Waals surface area contributed by atoms with Crippen LogP contribution in [0.15, 0.2) is 35.5 Å². The molecule has 1 aliphatic rings. The van der Waals surface area contributed by atoms with Crippen LogP contribution in [0.4, 0.5) is 0 Å². The van der Waals surface area contributed by atoms with Gasteiger partial charge in [0.05, 0.1) is 18.8 Å². The number of allylic oxidation sites excluding steroid dienone is 3. The van der Waals surface area contributed by atoms with Crippen molar-refractivity contribution in [1.82, 2.24) is 0 Å². The summed E-state index contributed by atoms with van der Waals surface area (Å²) >= 11 is 0. The Morgan fingerprint density at radius 3 is 1.08 bits per heavy atom. The molecule has 0 bridgehead atoms. The van der Waals surface area contributed by atoms with E-state index in [1.54, 1.807) is 0 Å². The molecule has 3 nitrogen and oxygen atoms in total. The van der Waals surface area contributed by atoms with Crippen molar-refractivity contribution in [2.75, 3.05) is 0 Å². The minimum atomic E-state index is 0.588. The Kier molecular flexibility index (Phi) is 2.80. The van der Waals surface area contributed by atoms with Gasteiger partial charge in [0.1, 0.15) is 0 Å². The topological polar surface area (TPSA) is 60.7 Å². The van der Waals surface area contributed by atoms with Crippen molar-refractivity contribution < 1.29 is 15.3 Å². The quantitative estimate of drug-likeness (QED) is 0.487. The van der Waals surface area contributed by atoms with E-state index in [9.17, 15) is 0 Å². The fraction of sp³-hybridized carbons (Fsp3) is 0.333. The summed E-state index contributed by atoms with van der Waals surface area (Å²) in [5, 5.41) is 26.2. The van der Waals surface area contributed by atoms with Gasteiger partial charge in [0, 0.05) is 0 Å². The van der Waals surface area contributed by atoms with Crippen LogP contribution in [-0.2, 0) is 0 Å². The first kappa shape index (κ1) is 8.71. The Morgan fingerprint density at radius 2 is 0.917 bits per heavy atom. The molecule has 66 valence electrons. The van der Waals surface area contributed by atoms with Crippen LogP contribution >= 0.6 is 0 Å². The highest BCUT2D eigenvalue weighted by atomic mass is 16.2. The molecule has 0 aromatic carbocycles. The molecule has 1 rings (SSSR count). The van der Waals surface area contributed by atoms with Gasteiger partial charge in [-0.15, -0.1) is 0 Å². The average molecular weight is 168 g/mol. The fourth-order valence-corrected chi connectivity index (χ4v) is 1.34. The van der Waals surface area contributed by atoms with Crippen LogP contribution in [-0.4, -0.2) is 15.3 Å². The van der Waals surface area contributed by atoms with Gasteiger partial charge in [-0.3, -0.25) is 0 Å². The SMILES string of the molecule is OC=C1CC(=CO)CC(=CO)C1. The largest absolute Gasteiger partial charge is 0.516 e. The van der Waals surface area contributed by atoms with Gasteiger partial charge in [0.25, 0.3) is 0 Å². The molecule has 3 heteroatoms. The number of rotatable bonds is 0. The Hall–Kier alpha value is -1.38. The maximum atomic E-state index is 8.74. The van der Waals surface area contributed by atoms with Crippen LogP contribution in [0.25, 0.3) is 0 Å². The van der Waals surface area contributed by atoms with Crippen LogP contribution < -0.4 is 0 Å². The van der Waals surface area contributed by atoms with E-state index >= 15 is 0 Å². The summed E-state index contributed by atoms with van der Waals surface area (Å²) in [6.45, 7) is 0. The van der Waals surface area contributed by atoms with E-state index in [0.29, 0.717) is 19.3 Å². The smallest absolute Gasteiger partial charge is 0.0790 e. The zero-order chi connectivity index (χ0) is 8.97. The highest BCUT2D eigenvalue weighted by Crippen LogP contribution is 2.30. The lowest BCUT2D eigenvalue weighted by atomic mass is 9.88. The Morgan fingerprint density at radius 1 is 0.667 bits per heavy atom. The first-order valence-corrected chi connectivity index (χ1v) is 3.76. The van der Waals surface area contributed by atoms with E-state index < -0.39 is 0 Å². The van der Waals surface area contributed by atoms with Crippen LogP contribution in [0.1, 0.15) is 19.3 Å². The monoisotopic (exact) mass is 168 g/mol. The van der Waals surface area contributed by atoms with Crippen molar-refractivity contribution in [1.29, 1.82) is 0 Å². The molecular weight excluding hydrogens is 156 g/mol. The zero-order valence-corrected chi connectivity index (χ0v) is 6.70. The Balaban J connectivity index is 2.79. The first-order chi connectivity index (χ1) is 5.80. The van der Waals surface area contributed by atoms with Gasteiger partial charge in [0.2, 0.25) is 0 Å². The third-order valence-electron chi connectivity index (χ3n) is 1.91. The zero-order valence-electron chi connectivity index (χ0n) is 6.70. The number of hydrogen-bond donors (Lipinski definition) is 3. The summed E-state index contributed by atoms with van der Waals surface area (Å²) in [5.74, 6) is 0. The lowest BCUT2D eigenvalue weighted by Gasteiger charge is -2.17. The average Bonchev–Trinajstić information content (AvgIpc) is 2.16. The molecule has 0 aromatic rings. The van der Waals surface area contributed by atoms with Gasteiger partial charge in [-0.25, -0.2) is 0 Å². The van der Waals surface area contributed by atoms with Gasteiger partial charge in [-0.1, -0.05) is 0 Å². The Bertz CT molecular complexity index is 194. The molecule has 0 spiro atoms. The third-order valence-corrected chi connectivity index (χ3v) is 1.91. The van der Waals surface area contributed by atoms with Crippen LogP contribution in [0.2, 0.25) is 0 Å². The molecule has 1 fully saturated rings. The van der Waals surface area contributed by atoms with Gasteiger partial charge in [0.15, 0.2) is 0 Å². The van der Waals surface area contributed by atoms with Crippen molar-refractivity contribution in [2.24, 2.45) is 0 Å². The first-order valence-electron chi connectivity index (χ1n) is 3.76. The second-order valence-corrected chi connectivity index (χ2v) is 2.89. The summed E-state index contributed by atoms with van der Waals surface area (Å²) in [6, 6.07) is 0. The number of hydrogen-bond acceptors (Lipinski definition) is 3. The van der Waals surface area contributed by atoms with Crippen LogP contribution in [0, 0.1) is 0 Å². The third kappa shape index (κ3) is 1.81. The van der Waals surface area contributed by atoms with Gasteiger partial charge < -0.3 is 15.3 Å². The highest BCUT2D eigenvalue weighted by molar-refractivity contribution is 5.28. The molecule has 0 amide bonds. The van der Waals surface area contributed by atoms with Crippen LogP contribution in [0.5, 0.6) is 0 Å². The molecule has 0 atom stereocenters. The molecule has 0 aromatic heterocycles. The minimum Gasteiger partial charge on any atom is -0.516 e. The van der Waals surface area contributed by atoms with Crippen molar-refractivity contribution in [3.8, 4) is 0 Å². The molecule has 12 heavy (non-hydrogen) atoms. The normalized spacial score (nSPS) is 17.5. The second kappa shape index (κ2) is 3.85. The molecule has 0 aliphatic heterocycles. The van der Waals surface area contributed by atoms with E-state index in [-0.39, 0.29) is 0 Å². The maximum absolute atomic E-state index is 8.74. The molecule has 0 heterocycles. The lowest BCUT2D eigenvalue weighted by molar-refractivity contribution is 0.444. The maximum Gasteiger partial charge on any atom is 0.0790 e. The molecule has 0 saturated heterocycles. The summed E-state index contributed by atoms with van der Waals surface area (Å²) in [6.07, 6.45) is 4.86. The minimum absolute atomic E-state index is 0.588. The summed E-state index contributed by atoms with van der Waals surface area (Å²) < 4.78 is 0. The van der Waals surface area contributed by atoms with Crippen molar-refractivity contribution in [3.63, 3.8) is 0 Å². The second-order valence-electron chi connectivity index (χ2n) is 2.89. The molecule has 1 saturated carbocycles. The molecule has 0 radical (unpaired) electrons. The highest BCUT2D eigenvalue weighted by Gasteiger charge is 2.14. The number of aliphatic hydroxyl groups is 3. The van der Waals surface area contributed by atoms with E-state index in [4.69, 9.17) is 15.3 Å². The van der Waals surface area contributed by atoms with E-state index in [1.165, 1.54) is 0 Å². The predicted molar refractivity (Wildman–Crippen MR) is 46.0 cm³/mol. The lowest BCUT2D eigenvalue weighted by Crippen LogP contribution is -2.01. The standard InChI is InChI=1S/C9H12O3/c10-4-7-1-8(5-11)3-9(2-7)6-12/h4-6,10-12H,1-3H2. The Labute approximate surface area is 71.0 Å². The van der Waals surface area contributed by atoms with E-state index in [0.717, 1.165) is 35.5 Å². The van der Waals surface area contributed by atoms with Crippen molar-refractivity contribution in [2.45, 2.75) is 19.3 Å². The summed E-state index contributed by atoms with van der Waals surface area (Å²) in [7, 11) is 0. The molecule has 1 aliphatic carbocycles. The molecular formula is C9H12O3. The van der Waals surface area contributed by atoms with Gasteiger partial charge in [-0.2, -0.15) is 0 Å². The van der Waals surface area contributed by atoms with Crippen LogP contribution in [0.3, 0.4) is 0 Å². The van der Waals surface area contributed by atoms with Gasteiger partial charge in [-0.05, 0) is 36.0 Å². The van der Waals surface area contributed by atoms with E-state index in [2.05, 4.69) is 0 Å². The van der Waals surface area contributed by atoms with E-state index in [1.807, 2.05) is 0 Å². The van der Waals surface area contributed by atoms with Crippen molar-refractivity contribution >= 4 is 0 Å². The predicted octanol–water partition coefficient (Wildman–Crippen LogP) is 2.50. The van der Waals surface area contributed by atoms with Crippen molar-refractivity contribution in [3.05, 3.63) is 35.5 Å².